The van der Waals surface area contributed by atoms with Gasteiger partial charge in [0.1, 0.15) is 11.6 Å². The van der Waals surface area contributed by atoms with E-state index in [-0.39, 0.29) is 22.9 Å². The molecule has 1 N–H and O–H groups in total. The molecule has 0 saturated carbocycles. The lowest BCUT2D eigenvalue weighted by Gasteiger charge is -2.08. The van der Waals surface area contributed by atoms with Crippen molar-refractivity contribution in [3.63, 3.8) is 0 Å². The smallest absolute Gasteiger partial charge is 0.344 e. The molecule has 2 rings (SSSR count). The van der Waals surface area contributed by atoms with E-state index in [1.807, 2.05) is 0 Å². The molecule has 0 fully saturated rings. The summed E-state index contributed by atoms with van der Waals surface area (Å²) in [5.41, 5.74) is 0.371. The second kappa shape index (κ2) is 9.40. The summed E-state index contributed by atoms with van der Waals surface area (Å²) >= 11 is 0. The molecule has 28 heavy (non-hydrogen) atoms. The normalized spacial score (nSPS) is 10.1. The Bertz CT molecular complexity index is 925. The first kappa shape index (κ1) is 20.8. The highest BCUT2D eigenvalue weighted by Gasteiger charge is 2.15. The summed E-state index contributed by atoms with van der Waals surface area (Å²) in [4.78, 5) is 46.0. The van der Waals surface area contributed by atoms with Gasteiger partial charge in [-0.25, -0.2) is 9.18 Å². The third kappa shape index (κ3) is 6.01. The topological polar surface area (TPSA) is 98.8 Å². The summed E-state index contributed by atoms with van der Waals surface area (Å²) in [5.74, 6) is -2.62. The highest BCUT2D eigenvalue weighted by Crippen LogP contribution is 2.16. The minimum atomic E-state index is -0.843. The van der Waals surface area contributed by atoms with Gasteiger partial charge in [0.15, 0.2) is 19.0 Å². The Morgan fingerprint density at radius 3 is 2.39 bits per heavy atom. The van der Waals surface area contributed by atoms with Gasteiger partial charge >= 0.3 is 5.97 Å². The number of benzene rings is 2. The van der Waals surface area contributed by atoms with Gasteiger partial charge in [0.05, 0.1) is 5.56 Å². The average molecular weight is 387 g/mol. The molecule has 8 heteroatoms. The minimum Gasteiger partial charge on any atom is -0.482 e. The SMILES string of the molecule is CC(=O)Nc1ccc(C(=O)COC(=O)COc2cccc(C(C)=O)c2)c(F)c1. The number of hydrogen-bond donors (Lipinski definition) is 1. The number of halogens is 1. The summed E-state index contributed by atoms with van der Waals surface area (Å²) in [6.07, 6.45) is 0. The van der Waals surface area contributed by atoms with Gasteiger partial charge in [-0.2, -0.15) is 0 Å². The van der Waals surface area contributed by atoms with E-state index in [4.69, 9.17) is 9.47 Å². The molecule has 2 aromatic rings. The van der Waals surface area contributed by atoms with Crippen LogP contribution in [-0.2, 0) is 14.3 Å². The van der Waals surface area contributed by atoms with Crippen LogP contribution in [0.4, 0.5) is 10.1 Å². The number of carbonyl (C=O) groups is 4. The molecule has 0 bridgehead atoms. The number of carbonyl (C=O) groups excluding carboxylic acids is 4. The molecule has 0 radical (unpaired) electrons. The number of hydrogen-bond acceptors (Lipinski definition) is 6. The maximum atomic E-state index is 14.0. The first-order valence-electron chi connectivity index (χ1n) is 8.26. The quantitative estimate of drug-likeness (QED) is 0.552. The Hall–Kier alpha value is -3.55. The van der Waals surface area contributed by atoms with Crippen LogP contribution in [0.3, 0.4) is 0 Å². The number of ketones is 2. The van der Waals surface area contributed by atoms with Crippen LogP contribution in [0.2, 0.25) is 0 Å². The van der Waals surface area contributed by atoms with E-state index >= 15 is 0 Å². The van der Waals surface area contributed by atoms with Crippen molar-refractivity contribution in [1.82, 2.24) is 0 Å². The number of rotatable bonds is 8. The molecule has 146 valence electrons. The molecule has 1 amide bonds. The van der Waals surface area contributed by atoms with Crippen molar-refractivity contribution in [2.75, 3.05) is 18.5 Å². The van der Waals surface area contributed by atoms with E-state index in [9.17, 15) is 23.6 Å². The third-order valence-corrected chi connectivity index (χ3v) is 3.55. The first-order chi connectivity index (χ1) is 13.3. The molecule has 0 spiro atoms. The Labute approximate surface area is 160 Å². The van der Waals surface area contributed by atoms with Crippen molar-refractivity contribution in [3.8, 4) is 5.75 Å². The Kier molecular flexibility index (Phi) is 6.97. The standard InChI is InChI=1S/C20H18FNO6/c1-12(23)14-4-3-5-16(8-14)27-11-20(26)28-10-19(25)17-7-6-15(9-18(17)21)22-13(2)24/h3-9H,10-11H2,1-2H3,(H,22,24). The lowest BCUT2D eigenvalue weighted by Crippen LogP contribution is -2.20. The number of anilines is 1. The molecule has 2 aromatic carbocycles. The Balaban J connectivity index is 1.87. The van der Waals surface area contributed by atoms with Gasteiger partial charge < -0.3 is 14.8 Å². The molecular weight excluding hydrogens is 369 g/mol. The van der Waals surface area contributed by atoms with E-state index in [2.05, 4.69) is 5.32 Å². The molecule has 0 aliphatic carbocycles. The van der Waals surface area contributed by atoms with Gasteiger partial charge in [-0.05, 0) is 37.3 Å². The number of Topliss-reactive ketones (excluding diaryl/α,β-unsaturated/α-hetero) is 2. The second-order valence-corrected chi connectivity index (χ2v) is 5.83. The van der Waals surface area contributed by atoms with Gasteiger partial charge in [0, 0.05) is 18.2 Å². The fourth-order valence-electron chi connectivity index (χ4n) is 2.23. The predicted octanol–water partition coefficient (Wildman–Crippen LogP) is 2.79. The summed E-state index contributed by atoms with van der Waals surface area (Å²) in [5, 5.41) is 2.39. The number of ether oxygens (including phenoxy) is 2. The van der Waals surface area contributed by atoms with Crippen LogP contribution < -0.4 is 10.1 Å². The van der Waals surface area contributed by atoms with E-state index in [1.54, 1.807) is 18.2 Å². The van der Waals surface area contributed by atoms with Gasteiger partial charge in [-0.3, -0.25) is 14.4 Å². The lowest BCUT2D eigenvalue weighted by molar-refractivity contribution is -0.144. The molecule has 0 aromatic heterocycles. The highest BCUT2D eigenvalue weighted by atomic mass is 19.1. The van der Waals surface area contributed by atoms with Crippen molar-refractivity contribution in [2.24, 2.45) is 0 Å². The fourth-order valence-corrected chi connectivity index (χ4v) is 2.23. The van der Waals surface area contributed by atoms with Gasteiger partial charge in [0.25, 0.3) is 0 Å². The Morgan fingerprint density at radius 2 is 1.75 bits per heavy atom. The summed E-state index contributed by atoms with van der Waals surface area (Å²) < 4.78 is 24.0. The summed E-state index contributed by atoms with van der Waals surface area (Å²) in [7, 11) is 0. The van der Waals surface area contributed by atoms with Gasteiger partial charge in [-0.1, -0.05) is 12.1 Å². The lowest BCUT2D eigenvalue weighted by atomic mass is 10.1. The van der Waals surface area contributed by atoms with Crippen LogP contribution >= 0.6 is 0 Å². The first-order valence-corrected chi connectivity index (χ1v) is 8.26. The zero-order valence-electron chi connectivity index (χ0n) is 15.3. The van der Waals surface area contributed by atoms with Crippen molar-refractivity contribution >= 4 is 29.1 Å². The molecule has 0 aliphatic heterocycles. The van der Waals surface area contributed by atoms with Gasteiger partial charge in [-0.15, -0.1) is 0 Å². The van der Waals surface area contributed by atoms with Crippen LogP contribution in [0.25, 0.3) is 0 Å². The summed E-state index contributed by atoms with van der Waals surface area (Å²) in [6, 6.07) is 9.82. The second-order valence-electron chi connectivity index (χ2n) is 5.83. The Morgan fingerprint density at radius 1 is 1.00 bits per heavy atom. The van der Waals surface area contributed by atoms with Crippen LogP contribution in [-0.4, -0.2) is 36.7 Å². The minimum absolute atomic E-state index is 0.148. The average Bonchev–Trinajstić information content (AvgIpc) is 2.64. The molecule has 0 aliphatic rings. The van der Waals surface area contributed by atoms with Crippen LogP contribution in [0.15, 0.2) is 42.5 Å². The largest absolute Gasteiger partial charge is 0.482 e. The van der Waals surface area contributed by atoms with Crippen molar-refractivity contribution < 1.29 is 33.0 Å². The van der Waals surface area contributed by atoms with Crippen LogP contribution in [0, 0.1) is 5.82 Å². The van der Waals surface area contributed by atoms with E-state index < -0.39 is 30.8 Å². The molecular formula is C20H18FNO6. The van der Waals surface area contributed by atoms with Crippen molar-refractivity contribution in [3.05, 3.63) is 59.4 Å². The van der Waals surface area contributed by atoms with Crippen LogP contribution in [0.5, 0.6) is 5.75 Å². The van der Waals surface area contributed by atoms with E-state index in [1.165, 1.54) is 32.0 Å². The number of esters is 1. The molecule has 0 unspecified atom stereocenters. The zero-order valence-corrected chi connectivity index (χ0v) is 15.3. The van der Waals surface area contributed by atoms with Crippen molar-refractivity contribution in [2.45, 2.75) is 13.8 Å². The summed E-state index contributed by atoms with van der Waals surface area (Å²) in [6.45, 7) is 1.54. The van der Waals surface area contributed by atoms with Gasteiger partial charge in [0.2, 0.25) is 11.7 Å². The van der Waals surface area contributed by atoms with Crippen molar-refractivity contribution in [1.29, 1.82) is 0 Å². The molecule has 7 nitrogen and oxygen atoms in total. The monoisotopic (exact) mass is 387 g/mol. The maximum Gasteiger partial charge on any atom is 0.344 e. The third-order valence-electron chi connectivity index (χ3n) is 3.55. The molecule has 0 saturated heterocycles. The van der Waals surface area contributed by atoms with E-state index in [0.29, 0.717) is 11.3 Å². The maximum absolute atomic E-state index is 14.0. The van der Waals surface area contributed by atoms with Crippen LogP contribution in [0.1, 0.15) is 34.6 Å². The molecule has 0 atom stereocenters. The molecule has 0 heterocycles. The highest BCUT2D eigenvalue weighted by molar-refractivity contribution is 5.99. The number of amides is 1. The van der Waals surface area contributed by atoms with E-state index in [0.717, 1.165) is 6.07 Å². The fraction of sp³-hybridized carbons (Fsp3) is 0.200. The number of nitrogens with one attached hydrogen (secondary N) is 1. The predicted molar refractivity (Wildman–Crippen MR) is 97.9 cm³/mol. The zero-order chi connectivity index (χ0) is 20.7.